The van der Waals surface area contributed by atoms with Crippen molar-refractivity contribution in [3.63, 3.8) is 0 Å². The van der Waals surface area contributed by atoms with Gasteiger partial charge in [-0.25, -0.2) is 8.42 Å². The third-order valence-corrected chi connectivity index (χ3v) is 3.65. The van der Waals surface area contributed by atoms with Gasteiger partial charge >= 0.3 is 0 Å². The van der Waals surface area contributed by atoms with Crippen LogP contribution < -0.4 is 4.72 Å². The summed E-state index contributed by atoms with van der Waals surface area (Å²) in [5.41, 5.74) is 2.68. The van der Waals surface area contributed by atoms with Gasteiger partial charge in [-0.15, -0.1) is 0 Å². The number of benzene rings is 2. The van der Waals surface area contributed by atoms with Gasteiger partial charge in [0.2, 0.25) is 10.0 Å². The highest BCUT2D eigenvalue weighted by Crippen LogP contribution is 2.21. The molecule has 3 rings (SSSR count). The molecule has 0 radical (unpaired) electrons. The van der Waals surface area contributed by atoms with Gasteiger partial charge in [-0.1, -0.05) is 18.2 Å². The summed E-state index contributed by atoms with van der Waals surface area (Å²) in [4.78, 5) is 0. The Morgan fingerprint density at radius 3 is 2.35 bits per heavy atom. The molecular weight excluding hydrogens is 272 g/mol. The molecule has 20 heavy (non-hydrogen) atoms. The Morgan fingerprint density at radius 1 is 0.950 bits per heavy atom. The first-order valence-corrected chi connectivity index (χ1v) is 8.06. The van der Waals surface area contributed by atoms with Crippen LogP contribution in [0.3, 0.4) is 0 Å². The van der Waals surface area contributed by atoms with Crippen molar-refractivity contribution in [1.29, 1.82) is 0 Å². The number of fused-ring (bicyclic) bond motifs is 1. The predicted octanol–water partition coefficient (Wildman–Crippen LogP) is 3.00. The van der Waals surface area contributed by atoms with Crippen LogP contribution in [0.15, 0.2) is 60.8 Å². The molecular formula is C15H14N2O2S. The van der Waals surface area contributed by atoms with Crippen molar-refractivity contribution in [2.45, 2.75) is 0 Å². The van der Waals surface area contributed by atoms with Crippen LogP contribution in [-0.4, -0.2) is 19.2 Å². The number of hydrogen-bond acceptors (Lipinski definition) is 2. The molecule has 102 valence electrons. The summed E-state index contributed by atoms with van der Waals surface area (Å²) in [6, 6.07) is 17.5. The zero-order valence-electron chi connectivity index (χ0n) is 10.9. The molecule has 0 saturated carbocycles. The molecule has 0 atom stereocenters. The van der Waals surface area contributed by atoms with Crippen LogP contribution in [0.1, 0.15) is 0 Å². The van der Waals surface area contributed by atoms with E-state index in [1.165, 1.54) is 5.39 Å². The fourth-order valence-electron chi connectivity index (χ4n) is 2.21. The number of anilines is 1. The predicted molar refractivity (Wildman–Crippen MR) is 81.7 cm³/mol. The second-order valence-corrected chi connectivity index (χ2v) is 6.41. The number of rotatable bonds is 3. The first-order valence-electron chi connectivity index (χ1n) is 6.17. The molecule has 5 heteroatoms. The maximum atomic E-state index is 11.2. The molecule has 0 unspecified atom stereocenters. The van der Waals surface area contributed by atoms with E-state index in [9.17, 15) is 8.42 Å². The highest BCUT2D eigenvalue weighted by Gasteiger charge is 2.04. The molecule has 4 nitrogen and oxygen atoms in total. The minimum atomic E-state index is -3.24. The molecule has 0 aliphatic carbocycles. The van der Waals surface area contributed by atoms with Gasteiger partial charge in [0.25, 0.3) is 0 Å². The molecule has 0 aliphatic heterocycles. The Labute approximate surface area is 117 Å². The largest absolute Gasteiger partial charge is 0.317 e. The standard InChI is InChI=1S/C15H14N2O2S/c1-20(18,19)16-13-6-8-14(9-7-13)17-11-10-12-4-2-3-5-15(12)17/h2-11,16H,1H3. The summed E-state index contributed by atoms with van der Waals surface area (Å²) >= 11 is 0. The number of aromatic nitrogens is 1. The molecule has 0 saturated heterocycles. The third-order valence-electron chi connectivity index (χ3n) is 3.05. The minimum Gasteiger partial charge on any atom is -0.317 e. The fraction of sp³-hybridized carbons (Fsp3) is 0.0667. The van der Waals surface area contributed by atoms with Gasteiger partial charge in [0.1, 0.15) is 0 Å². The molecule has 2 aromatic carbocycles. The molecule has 3 aromatic rings. The van der Waals surface area contributed by atoms with E-state index in [4.69, 9.17) is 0 Å². The van der Waals surface area contributed by atoms with Crippen LogP contribution in [0.25, 0.3) is 16.6 Å². The average molecular weight is 286 g/mol. The van der Waals surface area contributed by atoms with Gasteiger partial charge in [0, 0.05) is 17.6 Å². The van der Waals surface area contributed by atoms with Gasteiger partial charge in [0.05, 0.1) is 11.8 Å². The van der Waals surface area contributed by atoms with Gasteiger partial charge in [-0.05, 0) is 41.8 Å². The van der Waals surface area contributed by atoms with Crippen molar-refractivity contribution in [3.05, 3.63) is 60.8 Å². The zero-order chi connectivity index (χ0) is 14.2. The van der Waals surface area contributed by atoms with E-state index in [1.807, 2.05) is 30.5 Å². The third kappa shape index (κ3) is 2.53. The van der Waals surface area contributed by atoms with E-state index >= 15 is 0 Å². The Balaban J connectivity index is 1.99. The molecule has 0 bridgehead atoms. The fourth-order valence-corrected chi connectivity index (χ4v) is 2.78. The van der Waals surface area contributed by atoms with Gasteiger partial charge < -0.3 is 4.57 Å². The molecule has 1 N–H and O–H groups in total. The van der Waals surface area contributed by atoms with E-state index in [1.54, 1.807) is 12.1 Å². The number of sulfonamides is 1. The average Bonchev–Trinajstić information content (AvgIpc) is 2.82. The van der Waals surface area contributed by atoms with Gasteiger partial charge in [-0.2, -0.15) is 0 Å². The molecule has 1 aromatic heterocycles. The maximum Gasteiger partial charge on any atom is 0.229 e. The molecule has 0 spiro atoms. The highest BCUT2D eigenvalue weighted by atomic mass is 32.2. The molecule has 0 aliphatic rings. The van der Waals surface area contributed by atoms with Gasteiger partial charge in [-0.3, -0.25) is 4.72 Å². The second-order valence-electron chi connectivity index (χ2n) is 4.67. The maximum absolute atomic E-state index is 11.2. The topological polar surface area (TPSA) is 51.1 Å². The summed E-state index contributed by atoms with van der Waals surface area (Å²) < 4.78 is 26.9. The number of nitrogens with one attached hydrogen (secondary N) is 1. The highest BCUT2D eigenvalue weighted by molar-refractivity contribution is 7.92. The van der Waals surface area contributed by atoms with E-state index in [2.05, 4.69) is 27.5 Å². The van der Waals surface area contributed by atoms with Crippen LogP contribution in [0.4, 0.5) is 5.69 Å². The minimum absolute atomic E-state index is 0.563. The van der Waals surface area contributed by atoms with E-state index in [0.29, 0.717) is 5.69 Å². The smallest absolute Gasteiger partial charge is 0.229 e. The Kier molecular flexibility index (Phi) is 2.99. The lowest BCUT2D eigenvalue weighted by Crippen LogP contribution is -2.09. The molecule has 0 amide bonds. The zero-order valence-corrected chi connectivity index (χ0v) is 11.8. The summed E-state index contributed by atoms with van der Waals surface area (Å²) in [6.07, 6.45) is 3.14. The van der Waals surface area contributed by atoms with E-state index < -0.39 is 10.0 Å². The second kappa shape index (κ2) is 4.68. The number of nitrogens with zero attached hydrogens (tertiary/aromatic N) is 1. The van der Waals surface area contributed by atoms with Crippen LogP contribution in [-0.2, 0) is 10.0 Å². The van der Waals surface area contributed by atoms with Crippen molar-refractivity contribution in [2.24, 2.45) is 0 Å². The van der Waals surface area contributed by atoms with E-state index in [0.717, 1.165) is 17.5 Å². The van der Waals surface area contributed by atoms with Crippen LogP contribution in [0.5, 0.6) is 0 Å². The number of para-hydroxylation sites is 1. The first kappa shape index (κ1) is 12.7. The van der Waals surface area contributed by atoms with Crippen molar-refractivity contribution >= 4 is 26.6 Å². The Hall–Kier alpha value is -2.27. The lowest BCUT2D eigenvalue weighted by molar-refractivity contribution is 0.607. The lowest BCUT2D eigenvalue weighted by Gasteiger charge is -2.08. The summed E-state index contributed by atoms with van der Waals surface area (Å²) in [6.45, 7) is 0. The monoisotopic (exact) mass is 286 g/mol. The SMILES string of the molecule is CS(=O)(=O)Nc1ccc(-n2ccc3ccccc32)cc1. The van der Waals surface area contributed by atoms with Crippen molar-refractivity contribution < 1.29 is 8.42 Å². The number of hydrogen-bond donors (Lipinski definition) is 1. The van der Waals surface area contributed by atoms with Crippen LogP contribution >= 0.6 is 0 Å². The first-order chi connectivity index (χ1) is 9.53. The Bertz CT molecular complexity index is 849. The molecule has 0 fully saturated rings. The summed E-state index contributed by atoms with van der Waals surface area (Å²) in [7, 11) is -3.24. The lowest BCUT2D eigenvalue weighted by atomic mass is 10.2. The van der Waals surface area contributed by atoms with Crippen molar-refractivity contribution in [1.82, 2.24) is 4.57 Å². The van der Waals surface area contributed by atoms with Crippen molar-refractivity contribution in [3.8, 4) is 5.69 Å². The van der Waals surface area contributed by atoms with Crippen LogP contribution in [0.2, 0.25) is 0 Å². The molecule has 1 heterocycles. The summed E-state index contributed by atoms with van der Waals surface area (Å²) in [5.74, 6) is 0. The van der Waals surface area contributed by atoms with Crippen molar-refractivity contribution in [2.75, 3.05) is 11.0 Å². The van der Waals surface area contributed by atoms with E-state index in [-0.39, 0.29) is 0 Å². The van der Waals surface area contributed by atoms with Gasteiger partial charge in [0.15, 0.2) is 0 Å². The normalized spacial score (nSPS) is 11.7. The Morgan fingerprint density at radius 2 is 1.65 bits per heavy atom. The summed E-state index contributed by atoms with van der Waals surface area (Å²) in [5, 5.41) is 1.17. The van der Waals surface area contributed by atoms with Crippen LogP contribution in [0, 0.1) is 0 Å². The quantitative estimate of drug-likeness (QED) is 0.804.